The molecule has 5 nitrogen and oxygen atoms in total. The Morgan fingerprint density at radius 1 is 1.15 bits per heavy atom. The maximum absolute atomic E-state index is 12.5. The lowest BCUT2D eigenvalue weighted by atomic mass is 9.70. The Morgan fingerprint density at radius 2 is 1.85 bits per heavy atom. The summed E-state index contributed by atoms with van der Waals surface area (Å²) in [7, 11) is 1.63. The van der Waals surface area contributed by atoms with Gasteiger partial charge in [0.1, 0.15) is 11.5 Å². The number of aromatic nitrogens is 2. The summed E-state index contributed by atoms with van der Waals surface area (Å²) in [5, 5.41) is 3.31. The van der Waals surface area contributed by atoms with Crippen LogP contribution in [0.3, 0.4) is 0 Å². The van der Waals surface area contributed by atoms with Gasteiger partial charge in [-0.3, -0.25) is 0 Å². The Balaban J connectivity index is 1.75. The lowest BCUT2D eigenvalue weighted by Crippen LogP contribution is -2.29. The van der Waals surface area contributed by atoms with Crippen molar-refractivity contribution in [2.24, 2.45) is 11.3 Å². The van der Waals surface area contributed by atoms with E-state index in [1.54, 1.807) is 19.2 Å². The molecule has 9 heteroatoms. The van der Waals surface area contributed by atoms with Gasteiger partial charge in [-0.1, -0.05) is 20.8 Å². The fraction of sp³-hybridized carbons (Fsp3) is 0.458. The number of nitrogens with zero attached hydrogens (tertiary/aromatic N) is 2. The van der Waals surface area contributed by atoms with E-state index < -0.39 is 6.36 Å². The van der Waals surface area contributed by atoms with Crippen molar-refractivity contribution in [3.63, 3.8) is 0 Å². The Hall–Kier alpha value is -2.42. The number of alkyl halides is 3. The number of anilines is 2. The van der Waals surface area contributed by atoms with Crippen LogP contribution < -0.4 is 14.8 Å². The molecule has 33 heavy (non-hydrogen) atoms. The summed E-state index contributed by atoms with van der Waals surface area (Å²) in [6.45, 7) is 6.85. The Morgan fingerprint density at radius 3 is 2.45 bits per heavy atom. The van der Waals surface area contributed by atoms with Crippen molar-refractivity contribution in [3.05, 3.63) is 40.9 Å². The largest absolute Gasteiger partial charge is 0.573 e. The molecular formula is C24H27BrF3N3O2. The summed E-state index contributed by atoms with van der Waals surface area (Å²) < 4.78 is 50.0. The van der Waals surface area contributed by atoms with Gasteiger partial charge in [-0.2, -0.15) is 0 Å². The van der Waals surface area contributed by atoms with E-state index in [-0.39, 0.29) is 17.2 Å². The van der Waals surface area contributed by atoms with Crippen molar-refractivity contribution < 1.29 is 22.6 Å². The molecule has 0 unspecified atom stereocenters. The van der Waals surface area contributed by atoms with E-state index in [0.717, 1.165) is 34.8 Å². The molecule has 1 aliphatic carbocycles. The number of benzene rings is 2. The molecule has 0 aliphatic heterocycles. The van der Waals surface area contributed by atoms with E-state index in [1.807, 2.05) is 12.1 Å². The Labute approximate surface area is 199 Å². The number of fused-ring (bicyclic) bond motifs is 1. The lowest BCUT2D eigenvalue weighted by Gasteiger charge is -2.40. The second-order valence-corrected chi connectivity index (χ2v) is 10.4. The van der Waals surface area contributed by atoms with Crippen molar-refractivity contribution in [1.29, 1.82) is 0 Å². The molecule has 1 fully saturated rings. The van der Waals surface area contributed by atoms with Gasteiger partial charge in [-0.05, 0) is 76.9 Å². The van der Waals surface area contributed by atoms with Gasteiger partial charge in [0, 0.05) is 17.8 Å². The Bertz CT molecular complexity index is 1140. The molecule has 0 spiro atoms. The average molecular weight is 526 g/mol. The first-order chi connectivity index (χ1) is 15.4. The third-order valence-corrected chi connectivity index (χ3v) is 6.66. The van der Waals surface area contributed by atoms with Crippen LogP contribution in [-0.2, 0) is 0 Å². The molecule has 2 atom stereocenters. The molecule has 1 saturated carbocycles. The highest BCUT2D eigenvalue weighted by Gasteiger charge is 2.35. The van der Waals surface area contributed by atoms with Crippen molar-refractivity contribution in [3.8, 4) is 11.5 Å². The maximum Gasteiger partial charge on any atom is 0.573 e. The van der Waals surface area contributed by atoms with Crippen LogP contribution in [0.25, 0.3) is 11.0 Å². The molecule has 4 rings (SSSR count). The summed E-state index contributed by atoms with van der Waals surface area (Å²) in [6, 6.07) is 9.79. The fourth-order valence-electron chi connectivity index (χ4n) is 5.07. The molecule has 1 aromatic heterocycles. The molecule has 1 aliphatic rings. The quantitative estimate of drug-likeness (QED) is 0.368. The molecule has 3 aromatic rings. The molecule has 1 heterocycles. The van der Waals surface area contributed by atoms with Gasteiger partial charge < -0.3 is 19.4 Å². The van der Waals surface area contributed by atoms with Crippen LogP contribution in [0.2, 0.25) is 0 Å². The van der Waals surface area contributed by atoms with Crippen LogP contribution in [0.4, 0.5) is 24.8 Å². The van der Waals surface area contributed by atoms with E-state index >= 15 is 0 Å². The molecule has 0 amide bonds. The van der Waals surface area contributed by atoms with E-state index in [9.17, 15) is 13.2 Å². The van der Waals surface area contributed by atoms with Crippen molar-refractivity contribution >= 4 is 38.6 Å². The zero-order valence-electron chi connectivity index (χ0n) is 19.0. The van der Waals surface area contributed by atoms with Crippen LogP contribution >= 0.6 is 15.9 Å². The van der Waals surface area contributed by atoms with Gasteiger partial charge in [-0.15, -0.1) is 13.2 Å². The first-order valence-electron chi connectivity index (χ1n) is 10.8. The van der Waals surface area contributed by atoms with Crippen LogP contribution in [0, 0.1) is 11.3 Å². The number of rotatable bonds is 5. The van der Waals surface area contributed by atoms with Crippen LogP contribution in [0.1, 0.15) is 46.1 Å². The summed E-state index contributed by atoms with van der Waals surface area (Å²) in [5.74, 6) is 1.65. The predicted octanol–water partition coefficient (Wildman–Crippen LogP) is 7.84. The number of nitrogens with one attached hydrogen (secondary N) is 1. The van der Waals surface area contributed by atoms with Crippen molar-refractivity contribution in [2.45, 2.75) is 52.4 Å². The van der Waals surface area contributed by atoms with E-state index in [0.29, 0.717) is 23.3 Å². The van der Waals surface area contributed by atoms with Gasteiger partial charge in [0.05, 0.1) is 22.6 Å². The number of methoxy groups -OCH3 is 1. The number of ether oxygens (including phenoxy) is 2. The van der Waals surface area contributed by atoms with Crippen LogP contribution in [0.5, 0.6) is 11.5 Å². The normalized spacial score (nSPS) is 20.6. The van der Waals surface area contributed by atoms with E-state index in [4.69, 9.17) is 9.72 Å². The van der Waals surface area contributed by atoms with Gasteiger partial charge in [0.2, 0.25) is 5.95 Å². The third-order valence-electron chi connectivity index (χ3n) is 6.04. The highest BCUT2D eigenvalue weighted by Crippen LogP contribution is 2.46. The molecule has 0 saturated heterocycles. The molecular weight excluding hydrogens is 499 g/mol. The average Bonchev–Trinajstić information content (AvgIpc) is 3.02. The zero-order valence-corrected chi connectivity index (χ0v) is 20.5. The standard InChI is InChI=1S/C24H27BrF3N3O2/c1-14-9-16(13-23(2,3)12-14)31-20-11-21(32-4)18(25)10-19(20)30-22(31)29-15-5-7-17(8-6-15)33-24(26,27)28/h5-8,10-11,14,16H,9,12-13H2,1-4H3,(H,29,30)/t14-,16+/m1/s1. The highest BCUT2D eigenvalue weighted by molar-refractivity contribution is 9.10. The summed E-state index contributed by atoms with van der Waals surface area (Å²) in [4.78, 5) is 4.83. The van der Waals surface area contributed by atoms with Crippen LogP contribution in [0.15, 0.2) is 40.9 Å². The number of hydrogen-bond acceptors (Lipinski definition) is 4. The van der Waals surface area contributed by atoms with Gasteiger partial charge >= 0.3 is 6.36 Å². The fourth-order valence-corrected chi connectivity index (χ4v) is 5.57. The maximum atomic E-state index is 12.5. The predicted molar refractivity (Wildman–Crippen MR) is 126 cm³/mol. The smallest absolute Gasteiger partial charge is 0.495 e. The molecule has 2 aromatic carbocycles. The first kappa shape index (κ1) is 23.7. The minimum absolute atomic E-state index is 0.187. The molecule has 178 valence electrons. The summed E-state index contributed by atoms with van der Waals surface area (Å²) in [6.07, 6.45) is -1.55. The molecule has 1 N–H and O–H groups in total. The lowest BCUT2D eigenvalue weighted by molar-refractivity contribution is -0.274. The summed E-state index contributed by atoms with van der Waals surface area (Å²) in [5.41, 5.74) is 2.56. The van der Waals surface area contributed by atoms with E-state index in [1.165, 1.54) is 12.1 Å². The second-order valence-electron chi connectivity index (χ2n) is 9.55. The minimum Gasteiger partial charge on any atom is -0.495 e. The number of halogens is 4. The van der Waals surface area contributed by atoms with Crippen molar-refractivity contribution in [2.75, 3.05) is 12.4 Å². The molecule has 0 radical (unpaired) electrons. The SMILES string of the molecule is COc1cc2c(cc1Br)nc(Nc1ccc(OC(F)(F)F)cc1)n2[C@H]1C[C@@H](C)CC(C)(C)C1. The first-order valence-corrected chi connectivity index (χ1v) is 11.6. The number of imidazole rings is 1. The van der Waals surface area contributed by atoms with Gasteiger partial charge in [-0.25, -0.2) is 4.98 Å². The van der Waals surface area contributed by atoms with Crippen molar-refractivity contribution in [1.82, 2.24) is 9.55 Å². The van der Waals surface area contributed by atoms with Crippen LogP contribution in [-0.4, -0.2) is 23.0 Å². The molecule has 0 bridgehead atoms. The zero-order chi connectivity index (χ0) is 24.0. The summed E-state index contributed by atoms with van der Waals surface area (Å²) >= 11 is 3.53. The van der Waals surface area contributed by atoms with Gasteiger partial charge in [0.25, 0.3) is 0 Å². The van der Waals surface area contributed by atoms with Gasteiger partial charge in [0.15, 0.2) is 0 Å². The second kappa shape index (κ2) is 8.74. The highest BCUT2D eigenvalue weighted by atomic mass is 79.9. The topological polar surface area (TPSA) is 48.3 Å². The minimum atomic E-state index is -4.72. The third kappa shape index (κ3) is 5.39. The Kier molecular flexibility index (Phi) is 6.28. The van der Waals surface area contributed by atoms with E-state index in [2.05, 4.69) is 51.3 Å². The monoisotopic (exact) mass is 525 g/mol. The number of hydrogen-bond donors (Lipinski definition) is 1.